The van der Waals surface area contributed by atoms with Gasteiger partial charge in [-0.3, -0.25) is 0 Å². The van der Waals surface area contributed by atoms with Gasteiger partial charge in [-0.25, -0.2) is 4.39 Å². The summed E-state index contributed by atoms with van der Waals surface area (Å²) in [5.74, 6) is -0.652. The fourth-order valence-electron chi connectivity index (χ4n) is 1.67. The predicted octanol–water partition coefficient (Wildman–Crippen LogP) is 3.43. The summed E-state index contributed by atoms with van der Waals surface area (Å²) in [6.45, 7) is 0. The Bertz CT molecular complexity index is 621. The summed E-state index contributed by atoms with van der Waals surface area (Å²) in [5.41, 5.74) is 0.813. The fourth-order valence-corrected chi connectivity index (χ4v) is 1.91. The Labute approximate surface area is 109 Å². The Morgan fingerprint density at radius 3 is 2.56 bits per heavy atom. The van der Waals surface area contributed by atoms with Gasteiger partial charge >= 0.3 is 0 Å². The van der Waals surface area contributed by atoms with E-state index in [0.29, 0.717) is 16.1 Å². The highest BCUT2D eigenvalue weighted by Gasteiger charge is 2.15. The van der Waals surface area contributed by atoms with Crippen molar-refractivity contribution in [3.05, 3.63) is 70.0 Å². The molecule has 0 spiro atoms. The number of hydrogen-bond donors (Lipinski definition) is 1. The first-order chi connectivity index (χ1) is 8.63. The third-order valence-corrected chi connectivity index (χ3v) is 2.97. The van der Waals surface area contributed by atoms with Crippen LogP contribution in [0.2, 0.25) is 5.02 Å². The molecule has 2 rings (SSSR count). The van der Waals surface area contributed by atoms with Gasteiger partial charge < -0.3 is 5.11 Å². The maximum absolute atomic E-state index is 13.5. The largest absolute Gasteiger partial charge is 0.384 e. The second-order valence-electron chi connectivity index (χ2n) is 3.78. The molecule has 0 amide bonds. The number of hydrogen-bond acceptors (Lipinski definition) is 2. The van der Waals surface area contributed by atoms with Gasteiger partial charge in [-0.2, -0.15) is 5.26 Å². The molecule has 18 heavy (non-hydrogen) atoms. The van der Waals surface area contributed by atoms with E-state index in [1.165, 1.54) is 12.1 Å². The van der Waals surface area contributed by atoms with Crippen molar-refractivity contribution in [1.29, 1.82) is 5.26 Å². The Hall–Kier alpha value is -1.89. The highest BCUT2D eigenvalue weighted by molar-refractivity contribution is 6.31. The molecule has 0 aliphatic carbocycles. The molecule has 0 aliphatic heterocycles. The van der Waals surface area contributed by atoms with Gasteiger partial charge in [0.15, 0.2) is 0 Å². The fraction of sp³-hybridized carbons (Fsp3) is 0.0714. The van der Waals surface area contributed by atoms with Gasteiger partial charge in [0, 0.05) is 10.6 Å². The third kappa shape index (κ3) is 2.35. The first kappa shape index (κ1) is 12.6. The molecule has 4 heteroatoms. The summed E-state index contributed by atoms with van der Waals surface area (Å²) in [4.78, 5) is 0. The number of rotatable bonds is 2. The van der Waals surface area contributed by atoms with E-state index in [1.807, 2.05) is 0 Å². The molecule has 0 fully saturated rings. The molecule has 0 radical (unpaired) electrons. The van der Waals surface area contributed by atoms with Crippen molar-refractivity contribution >= 4 is 11.6 Å². The van der Waals surface area contributed by atoms with Crippen molar-refractivity contribution in [2.75, 3.05) is 0 Å². The number of aliphatic hydroxyl groups excluding tert-OH is 1. The van der Waals surface area contributed by atoms with Gasteiger partial charge in [0.2, 0.25) is 0 Å². The van der Waals surface area contributed by atoms with Crippen LogP contribution in [0.3, 0.4) is 0 Å². The van der Waals surface area contributed by atoms with Gasteiger partial charge in [-0.05, 0) is 23.8 Å². The standard InChI is InChI=1S/C14H9ClFNO/c15-12-4-2-1-3-11(12)14(18)9-5-6-10(8-17)13(16)7-9/h1-7,14,18H. The van der Waals surface area contributed by atoms with Crippen LogP contribution < -0.4 is 0 Å². The van der Waals surface area contributed by atoms with Crippen LogP contribution >= 0.6 is 11.6 Å². The minimum Gasteiger partial charge on any atom is -0.384 e. The average Bonchev–Trinajstić information content (AvgIpc) is 2.38. The molecular weight excluding hydrogens is 253 g/mol. The first-order valence-corrected chi connectivity index (χ1v) is 5.63. The SMILES string of the molecule is N#Cc1ccc(C(O)c2ccccc2Cl)cc1F. The summed E-state index contributed by atoms with van der Waals surface area (Å²) >= 11 is 5.96. The van der Waals surface area contributed by atoms with Gasteiger partial charge in [-0.1, -0.05) is 35.9 Å². The quantitative estimate of drug-likeness (QED) is 0.900. The van der Waals surface area contributed by atoms with Crippen molar-refractivity contribution in [1.82, 2.24) is 0 Å². The lowest BCUT2D eigenvalue weighted by atomic mass is 10.0. The number of nitrogens with zero attached hydrogens (tertiary/aromatic N) is 1. The third-order valence-electron chi connectivity index (χ3n) is 2.63. The van der Waals surface area contributed by atoms with Crippen LogP contribution in [0.1, 0.15) is 22.8 Å². The van der Waals surface area contributed by atoms with Crippen LogP contribution in [0, 0.1) is 17.1 Å². The zero-order valence-corrected chi connectivity index (χ0v) is 10.0. The molecule has 2 aromatic rings. The predicted molar refractivity (Wildman–Crippen MR) is 66.6 cm³/mol. The maximum Gasteiger partial charge on any atom is 0.141 e. The van der Waals surface area contributed by atoms with Crippen molar-refractivity contribution < 1.29 is 9.50 Å². The Balaban J connectivity index is 2.41. The molecule has 2 aromatic carbocycles. The van der Waals surface area contributed by atoms with E-state index >= 15 is 0 Å². The number of aliphatic hydroxyl groups is 1. The van der Waals surface area contributed by atoms with Crippen LogP contribution in [-0.4, -0.2) is 5.11 Å². The Kier molecular flexibility index (Phi) is 3.61. The van der Waals surface area contributed by atoms with Crippen molar-refractivity contribution in [2.24, 2.45) is 0 Å². The van der Waals surface area contributed by atoms with E-state index in [0.717, 1.165) is 6.07 Å². The molecule has 0 saturated heterocycles. The number of halogens is 2. The maximum atomic E-state index is 13.5. The van der Waals surface area contributed by atoms with Crippen LogP contribution in [-0.2, 0) is 0 Å². The lowest BCUT2D eigenvalue weighted by Crippen LogP contribution is -2.01. The summed E-state index contributed by atoms with van der Waals surface area (Å²) in [7, 11) is 0. The molecule has 90 valence electrons. The first-order valence-electron chi connectivity index (χ1n) is 5.25. The lowest BCUT2D eigenvalue weighted by Gasteiger charge is -2.13. The second kappa shape index (κ2) is 5.18. The van der Waals surface area contributed by atoms with Gasteiger partial charge in [-0.15, -0.1) is 0 Å². The van der Waals surface area contributed by atoms with E-state index in [4.69, 9.17) is 16.9 Å². The van der Waals surface area contributed by atoms with Crippen LogP contribution in [0.15, 0.2) is 42.5 Å². The zero-order chi connectivity index (χ0) is 13.1. The molecule has 0 saturated carbocycles. The minimum atomic E-state index is -1.01. The molecule has 0 heterocycles. The molecule has 1 N–H and O–H groups in total. The highest BCUT2D eigenvalue weighted by atomic mass is 35.5. The topological polar surface area (TPSA) is 44.0 Å². The Morgan fingerprint density at radius 1 is 1.22 bits per heavy atom. The lowest BCUT2D eigenvalue weighted by molar-refractivity contribution is 0.220. The van der Waals surface area contributed by atoms with Crippen LogP contribution in [0.4, 0.5) is 4.39 Å². The second-order valence-corrected chi connectivity index (χ2v) is 4.18. The normalized spacial score (nSPS) is 11.9. The summed E-state index contributed by atoms with van der Waals surface area (Å²) in [5, 5.41) is 19.2. The molecule has 1 unspecified atom stereocenters. The van der Waals surface area contributed by atoms with Gasteiger partial charge in [0.1, 0.15) is 18.0 Å². The molecule has 2 nitrogen and oxygen atoms in total. The molecule has 0 aromatic heterocycles. The van der Waals surface area contributed by atoms with Crippen LogP contribution in [0.25, 0.3) is 0 Å². The van der Waals surface area contributed by atoms with E-state index < -0.39 is 11.9 Å². The van der Waals surface area contributed by atoms with E-state index in [1.54, 1.807) is 30.3 Å². The molecule has 0 bridgehead atoms. The smallest absolute Gasteiger partial charge is 0.141 e. The highest BCUT2D eigenvalue weighted by Crippen LogP contribution is 2.28. The molecular formula is C14H9ClFNO. The molecule has 1 atom stereocenters. The average molecular weight is 262 g/mol. The van der Waals surface area contributed by atoms with Crippen molar-refractivity contribution in [2.45, 2.75) is 6.10 Å². The van der Waals surface area contributed by atoms with Gasteiger partial charge in [0.05, 0.1) is 5.56 Å². The van der Waals surface area contributed by atoms with Crippen molar-refractivity contribution in [3.63, 3.8) is 0 Å². The van der Waals surface area contributed by atoms with Crippen molar-refractivity contribution in [3.8, 4) is 6.07 Å². The monoisotopic (exact) mass is 261 g/mol. The summed E-state index contributed by atoms with van der Waals surface area (Å²) in [6, 6.07) is 12.5. The van der Waals surface area contributed by atoms with E-state index in [2.05, 4.69) is 0 Å². The number of benzene rings is 2. The molecule has 0 aliphatic rings. The van der Waals surface area contributed by atoms with Gasteiger partial charge in [0.25, 0.3) is 0 Å². The summed E-state index contributed by atoms with van der Waals surface area (Å²) < 4.78 is 13.5. The zero-order valence-electron chi connectivity index (χ0n) is 9.27. The van der Waals surface area contributed by atoms with E-state index in [-0.39, 0.29) is 5.56 Å². The van der Waals surface area contributed by atoms with Crippen LogP contribution in [0.5, 0.6) is 0 Å². The number of nitriles is 1. The Morgan fingerprint density at radius 2 is 1.94 bits per heavy atom. The minimum absolute atomic E-state index is 0.0508. The van der Waals surface area contributed by atoms with E-state index in [9.17, 15) is 9.50 Å². The summed E-state index contributed by atoms with van der Waals surface area (Å²) in [6.07, 6.45) is -1.01.